The Morgan fingerprint density at radius 2 is 2.07 bits per heavy atom. The van der Waals surface area contributed by atoms with Crippen LogP contribution in [0.15, 0.2) is 9.59 Å². The van der Waals surface area contributed by atoms with E-state index in [1.807, 2.05) is 0 Å². The number of hydrogen-bond acceptors (Lipinski definition) is 5. The topological polar surface area (TPSA) is 99.9 Å². The van der Waals surface area contributed by atoms with Gasteiger partial charge in [-0.25, -0.2) is 9.89 Å². The highest BCUT2D eigenvalue weighted by Crippen LogP contribution is 2.09. The molecule has 0 saturated carbocycles. The van der Waals surface area contributed by atoms with Crippen molar-refractivity contribution in [3.05, 3.63) is 20.8 Å². The highest BCUT2D eigenvalue weighted by Gasteiger charge is 2.15. The smallest absolute Gasteiger partial charge is 0.342 e. The molecule has 0 radical (unpaired) electrons. The fraction of sp³-hybridized carbons (Fsp3) is 0.625. The summed E-state index contributed by atoms with van der Waals surface area (Å²) in [6, 6.07) is 0.179. The second-order valence-electron chi connectivity index (χ2n) is 3.39. The van der Waals surface area contributed by atoms with Gasteiger partial charge in [0.15, 0.2) is 0 Å². The van der Waals surface area contributed by atoms with Crippen molar-refractivity contribution in [3.63, 3.8) is 0 Å². The molecule has 7 nitrogen and oxygen atoms in total. The lowest BCUT2D eigenvalue weighted by molar-refractivity contribution is 0.0903. The number of anilines is 1. The maximum atomic E-state index is 11.3. The lowest BCUT2D eigenvalue weighted by Gasteiger charge is -2.22. The van der Waals surface area contributed by atoms with Crippen LogP contribution in [0.3, 0.4) is 0 Å². The number of aromatic amines is 2. The number of aromatic nitrogens is 3. The molecule has 0 aliphatic carbocycles. The summed E-state index contributed by atoms with van der Waals surface area (Å²) < 4.78 is 5.18. The SMILES string of the molecule is O=c1[nH]nc(NC2CCOCC2)c(=O)[nH]1. The minimum absolute atomic E-state index is 0.154. The molecule has 0 spiro atoms. The predicted octanol–water partition coefficient (Wildman–Crippen LogP) is -0.951. The van der Waals surface area contributed by atoms with Crippen molar-refractivity contribution in [1.29, 1.82) is 0 Å². The molecule has 3 N–H and O–H groups in total. The van der Waals surface area contributed by atoms with Crippen molar-refractivity contribution >= 4 is 5.82 Å². The van der Waals surface area contributed by atoms with E-state index >= 15 is 0 Å². The summed E-state index contributed by atoms with van der Waals surface area (Å²) in [5.74, 6) is 0.154. The van der Waals surface area contributed by atoms with Crippen molar-refractivity contribution in [2.75, 3.05) is 18.5 Å². The Hall–Kier alpha value is -1.63. The van der Waals surface area contributed by atoms with Crippen LogP contribution in [-0.2, 0) is 4.74 Å². The maximum Gasteiger partial charge on any atom is 0.342 e. The standard InChI is InChI=1S/C8H12N4O3/c13-7-6(11-12-8(14)10-7)9-5-1-3-15-4-2-5/h5H,1-4H2,(H,9,11)(H2,10,12,13,14). The Morgan fingerprint density at radius 3 is 2.73 bits per heavy atom. The van der Waals surface area contributed by atoms with Crippen LogP contribution in [-0.4, -0.2) is 34.4 Å². The zero-order chi connectivity index (χ0) is 10.7. The molecule has 0 atom stereocenters. The van der Waals surface area contributed by atoms with Crippen molar-refractivity contribution in [2.24, 2.45) is 0 Å². The van der Waals surface area contributed by atoms with E-state index in [9.17, 15) is 9.59 Å². The van der Waals surface area contributed by atoms with E-state index in [2.05, 4.69) is 20.5 Å². The number of nitrogens with one attached hydrogen (secondary N) is 3. The van der Waals surface area contributed by atoms with E-state index in [1.54, 1.807) is 0 Å². The zero-order valence-electron chi connectivity index (χ0n) is 8.08. The number of nitrogens with zero attached hydrogens (tertiary/aromatic N) is 1. The molecule has 2 rings (SSSR count). The molecule has 82 valence electrons. The number of ether oxygens (including phenoxy) is 1. The summed E-state index contributed by atoms with van der Waals surface area (Å²) in [7, 11) is 0. The van der Waals surface area contributed by atoms with Crippen LogP contribution < -0.4 is 16.6 Å². The van der Waals surface area contributed by atoms with Gasteiger partial charge >= 0.3 is 5.69 Å². The molecule has 2 heterocycles. The van der Waals surface area contributed by atoms with Gasteiger partial charge in [-0.2, -0.15) is 0 Å². The molecular formula is C8H12N4O3. The average Bonchev–Trinajstić information content (AvgIpc) is 2.24. The van der Waals surface area contributed by atoms with E-state index in [0.29, 0.717) is 13.2 Å². The maximum absolute atomic E-state index is 11.3. The Kier molecular flexibility index (Phi) is 2.82. The first kappa shape index (κ1) is 9.91. The van der Waals surface area contributed by atoms with Gasteiger partial charge < -0.3 is 10.1 Å². The minimum atomic E-state index is -0.600. The molecule has 1 saturated heterocycles. The molecule has 0 bridgehead atoms. The van der Waals surface area contributed by atoms with Gasteiger partial charge in [-0.05, 0) is 12.8 Å². The molecule has 7 heteroatoms. The third kappa shape index (κ3) is 2.44. The van der Waals surface area contributed by atoms with Gasteiger partial charge in [0.1, 0.15) is 0 Å². The zero-order valence-corrected chi connectivity index (χ0v) is 8.08. The quantitative estimate of drug-likeness (QED) is 0.586. The van der Waals surface area contributed by atoms with Crippen molar-refractivity contribution in [3.8, 4) is 0 Å². The predicted molar refractivity (Wildman–Crippen MR) is 52.9 cm³/mol. The molecule has 1 aliphatic rings. The van der Waals surface area contributed by atoms with Gasteiger partial charge in [0.05, 0.1) is 0 Å². The first-order valence-corrected chi connectivity index (χ1v) is 4.79. The Balaban J connectivity index is 2.09. The van der Waals surface area contributed by atoms with Crippen LogP contribution in [0.5, 0.6) is 0 Å². The number of H-pyrrole nitrogens is 2. The Labute approximate surface area is 84.9 Å². The Morgan fingerprint density at radius 1 is 1.33 bits per heavy atom. The van der Waals surface area contributed by atoms with Crippen molar-refractivity contribution in [2.45, 2.75) is 18.9 Å². The fourth-order valence-electron chi connectivity index (χ4n) is 1.48. The van der Waals surface area contributed by atoms with Gasteiger partial charge in [-0.1, -0.05) is 0 Å². The number of rotatable bonds is 2. The lowest BCUT2D eigenvalue weighted by atomic mass is 10.1. The van der Waals surface area contributed by atoms with E-state index in [-0.39, 0.29) is 11.9 Å². The van der Waals surface area contributed by atoms with Crippen LogP contribution >= 0.6 is 0 Å². The molecule has 1 fully saturated rings. The normalized spacial score (nSPS) is 17.6. The summed E-state index contributed by atoms with van der Waals surface area (Å²) in [5.41, 5.74) is -1.09. The van der Waals surface area contributed by atoms with Crippen LogP contribution in [0.1, 0.15) is 12.8 Å². The van der Waals surface area contributed by atoms with Crippen molar-refractivity contribution in [1.82, 2.24) is 15.2 Å². The highest BCUT2D eigenvalue weighted by atomic mass is 16.5. The molecule has 0 amide bonds. The van der Waals surface area contributed by atoms with Gasteiger partial charge in [-0.3, -0.25) is 9.78 Å². The molecule has 0 unspecified atom stereocenters. The molecule has 0 aromatic carbocycles. The monoisotopic (exact) mass is 212 g/mol. The fourth-order valence-corrected chi connectivity index (χ4v) is 1.48. The first-order valence-electron chi connectivity index (χ1n) is 4.79. The second-order valence-corrected chi connectivity index (χ2v) is 3.39. The van der Waals surface area contributed by atoms with E-state index < -0.39 is 11.2 Å². The minimum Gasteiger partial charge on any atom is -0.381 e. The molecule has 1 aromatic heterocycles. The van der Waals surface area contributed by atoms with Gasteiger partial charge in [0, 0.05) is 19.3 Å². The molecule has 1 aliphatic heterocycles. The van der Waals surface area contributed by atoms with E-state index in [4.69, 9.17) is 4.74 Å². The average molecular weight is 212 g/mol. The highest BCUT2D eigenvalue weighted by molar-refractivity contribution is 5.30. The summed E-state index contributed by atoms with van der Waals surface area (Å²) in [6.45, 7) is 1.36. The molecule has 15 heavy (non-hydrogen) atoms. The van der Waals surface area contributed by atoms with Crippen LogP contribution in [0.2, 0.25) is 0 Å². The summed E-state index contributed by atoms with van der Waals surface area (Å²) in [6.07, 6.45) is 1.67. The first-order chi connectivity index (χ1) is 7.25. The largest absolute Gasteiger partial charge is 0.381 e. The second kappa shape index (κ2) is 4.26. The number of hydrogen-bond donors (Lipinski definition) is 3. The van der Waals surface area contributed by atoms with E-state index in [1.165, 1.54) is 0 Å². The molecule has 1 aromatic rings. The van der Waals surface area contributed by atoms with Crippen LogP contribution in [0.25, 0.3) is 0 Å². The van der Waals surface area contributed by atoms with Gasteiger partial charge in [-0.15, -0.1) is 5.10 Å². The van der Waals surface area contributed by atoms with Crippen molar-refractivity contribution < 1.29 is 4.74 Å². The lowest BCUT2D eigenvalue weighted by Crippen LogP contribution is -2.33. The van der Waals surface area contributed by atoms with E-state index in [0.717, 1.165) is 12.8 Å². The molecular weight excluding hydrogens is 200 g/mol. The third-order valence-corrected chi connectivity index (χ3v) is 2.27. The third-order valence-electron chi connectivity index (χ3n) is 2.27. The van der Waals surface area contributed by atoms with Crippen LogP contribution in [0, 0.1) is 0 Å². The van der Waals surface area contributed by atoms with Crippen LogP contribution in [0.4, 0.5) is 5.82 Å². The van der Waals surface area contributed by atoms with Gasteiger partial charge in [0.25, 0.3) is 5.56 Å². The summed E-state index contributed by atoms with van der Waals surface area (Å²) >= 11 is 0. The summed E-state index contributed by atoms with van der Waals surface area (Å²) in [4.78, 5) is 24.1. The summed E-state index contributed by atoms with van der Waals surface area (Å²) in [5, 5.41) is 8.79. The van der Waals surface area contributed by atoms with Gasteiger partial charge in [0.2, 0.25) is 5.82 Å². The Bertz CT molecular complexity index is 432.